The summed E-state index contributed by atoms with van der Waals surface area (Å²) in [5, 5.41) is 4.87. The molecule has 1 fully saturated rings. The van der Waals surface area contributed by atoms with E-state index in [0.29, 0.717) is 33.1 Å². The quantitative estimate of drug-likeness (QED) is 0.732. The normalized spacial score (nSPS) is 18.9. The number of hydrogen-bond acceptors (Lipinski definition) is 3. The minimum Gasteiger partial charge on any atom is -0.307 e. The SMILES string of the molecule is C[C@H]1CN(C(=O)Nc2cccc(Cl)c2)C(=Nc2ccccc2Cl)S1. The van der Waals surface area contributed by atoms with E-state index in [-0.39, 0.29) is 11.3 Å². The number of para-hydroxylation sites is 1. The van der Waals surface area contributed by atoms with Crippen LogP contribution in [0.1, 0.15) is 6.92 Å². The second-order valence-corrected chi connectivity index (χ2v) is 7.57. The van der Waals surface area contributed by atoms with Gasteiger partial charge in [0.2, 0.25) is 0 Å². The van der Waals surface area contributed by atoms with Crippen molar-refractivity contribution in [2.75, 3.05) is 11.9 Å². The van der Waals surface area contributed by atoms with Gasteiger partial charge in [-0.2, -0.15) is 0 Å². The number of thioether (sulfide) groups is 1. The average Bonchev–Trinajstić information content (AvgIpc) is 2.90. The lowest BCUT2D eigenvalue weighted by Crippen LogP contribution is -2.36. The zero-order valence-corrected chi connectivity index (χ0v) is 15.2. The first-order chi connectivity index (χ1) is 11.5. The first-order valence-corrected chi connectivity index (χ1v) is 9.00. The summed E-state index contributed by atoms with van der Waals surface area (Å²) in [6.07, 6.45) is 0. The molecule has 1 aliphatic rings. The maximum absolute atomic E-state index is 12.6. The summed E-state index contributed by atoms with van der Waals surface area (Å²) in [6, 6.07) is 14.1. The Kier molecular flexibility index (Phi) is 5.33. The Bertz CT molecular complexity index is 797. The fourth-order valence-corrected chi connectivity index (χ4v) is 3.66. The van der Waals surface area contributed by atoms with E-state index in [2.05, 4.69) is 17.2 Å². The van der Waals surface area contributed by atoms with Crippen LogP contribution >= 0.6 is 35.0 Å². The van der Waals surface area contributed by atoms with Crippen LogP contribution in [-0.4, -0.2) is 27.9 Å². The third kappa shape index (κ3) is 4.04. The third-order valence-corrected chi connectivity index (χ3v) is 5.00. The van der Waals surface area contributed by atoms with Crippen molar-refractivity contribution in [1.29, 1.82) is 0 Å². The van der Waals surface area contributed by atoms with E-state index in [4.69, 9.17) is 23.2 Å². The molecule has 1 atom stereocenters. The van der Waals surface area contributed by atoms with Gasteiger partial charge < -0.3 is 5.32 Å². The minimum absolute atomic E-state index is 0.236. The lowest BCUT2D eigenvalue weighted by molar-refractivity contribution is 0.235. The van der Waals surface area contributed by atoms with Crippen molar-refractivity contribution in [3.8, 4) is 0 Å². The highest BCUT2D eigenvalue weighted by Gasteiger charge is 2.31. The van der Waals surface area contributed by atoms with Gasteiger partial charge in [-0.1, -0.05) is 60.1 Å². The molecule has 4 nitrogen and oxygen atoms in total. The lowest BCUT2D eigenvalue weighted by Gasteiger charge is -2.17. The van der Waals surface area contributed by atoms with E-state index < -0.39 is 0 Å². The number of benzene rings is 2. The summed E-state index contributed by atoms with van der Waals surface area (Å²) < 4.78 is 0. The van der Waals surface area contributed by atoms with Crippen molar-refractivity contribution in [2.24, 2.45) is 4.99 Å². The Morgan fingerprint density at radius 1 is 1.25 bits per heavy atom. The molecule has 7 heteroatoms. The number of carbonyl (C=O) groups is 1. The molecule has 2 amide bonds. The van der Waals surface area contributed by atoms with Crippen LogP contribution in [0.2, 0.25) is 10.0 Å². The molecule has 0 aliphatic carbocycles. The number of nitrogens with zero attached hydrogens (tertiary/aromatic N) is 2. The number of amides is 2. The molecule has 0 unspecified atom stereocenters. The van der Waals surface area contributed by atoms with Gasteiger partial charge in [0.05, 0.1) is 10.7 Å². The fraction of sp³-hybridized carbons (Fsp3) is 0.176. The molecule has 1 saturated heterocycles. The van der Waals surface area contributed by atoms with Gasteiger partial charge in [-0.15, -0.1) is 0 Å². The van der Waals surface area contributed by atoms with E-state index in [0.717, 1.165) is 0 Å². The molecule has 0 bridgehead atoms. The van der Waals surface area contributed by atoms with Crippen molar-refractivity contribution in [3.05, 3.63) is 58.6 Å². The van der Waals surface area contributed by atoms with E-state index in [9.17, 15) is 4.79 Å². The van der Waals surface area contributed by atoms with Crippen molar-refractivity contribution in [1.82, 2.24) is 4.90 Å². The summed E-state index contributed by atoms with van der Waals surface area (Å²) in [6.45, 7) is 2.64. The van der Waals surface area contributed by atoms with Crippen LogP contribution in [0.25, 0.3) is 0 Å². The minimum atomic E-state index is -0.236. The molecule has 3 rings (SSSR count). The molecule has 24 heavy (non-hydrogen) atoms. The largest absolute Gasteiger partial charge is 0.327 e. The summed E-state index contributed by atoms with van der Waals surface area (Å²) in [7, 11) is 0. The van der Waals surface area contributed by atoms with Crippen molar-refractivity contribution in [3.63, 3.8) is 0 Å². The highest BCUT2D eigenvalue weighted by Crippen LogP contribution is 2.31. The number of amidine groups is 1. The molecule has 0 spiro atoms. The number of carbonyl (C=O) groups excluding carboxylic acids is 1. The van der Waals surface area contributed by atoms with E-state index in [1.54, 1.807) is 47.0 Å². The number of aliphatic imine (C=N–C) groups is 1. The smallest absolute Gasteiger partial charge is 0.307 e. The van der Waals surface area contributed by atoms with Gasteiger partial charge >= 0.3 is 6.03 Å². The molecular formula is C17H15Cl2N3OS. The maximum atomic E-state index is 12.6. The second-order valence-electron chi connectivity index (χ2n) is 5.33. The van der Waals surface area contributed by atoms with Gasteiger partial charge in [-0.3, -0.25) is 4.90 Å². The van der Waals surface area contributed by atoms with Gasteiger partial charge in [0.25, 0.3) is 0 Å². The standard InChI is InChI=1S/C17H15Cl2N3OS/c1-11-10-22(16(23)20-13-6-4-5-12(18)9-13)17(24-11)21-15-8-3-2-7-14(15)19/h2-9,11H,10H2,1H3,(H,20,23)/t11-/m0/s1. The first kappa shape index (κ1) is 17.1. The predicted octanol–water partition coefficient (Wildman–Crippen LogP) is 5.65. The molecule has 1 heterocycles. The molecule has 2 aromatic carbocycles. The van der Waals surface area contributed by atoms with Crippen LogP contribution in [0.15, 0.2) is 53.5 Å². The van der Waals surface area contributed by atoms with Crippen LogP contribution in [0, 0.1) is 0 Å². The molecule has 1 N–H and O–H groups in total. The Hall–Kier alpha value is -1.69. The van der Waals surface area contributed by atoms with Crippen LogP contribution in [-0.2, 0) is 0 Å². The summed E-state index contributed by atoms with van der Waals surface area (Å²) >= 11 is 13.7. The Morgan fingerprint density at radius 2 is 2.04 bits per heavy atom. The summed E-state index contributed by atoms with van der Waals surface area (Å²) in [5.74, 6) is 0. The monoisotopic (exact) mass is 379 g/mol. The highest BCUT2D eigenvalue weighted by molar-refractivity contribution is 8.14. The Labute approximate surface area is 154 Å². The summed E-state index contributed by atoms with van der Waals surface area (Å²) in [5.41, 5.74) is 1.30. The van der Waals surface area contributed by atoms with Crippen LogP contribution in [0.3, 0.4) is 0 Å². The zero-order valence-electron chi connectivity index (χ0n) is 12.9. The highest BCUT2D eigenvalue weighted by atomic mass is 35.5. The van der Waals surface area contributed by atoms with Crippen molar-refractivity contribution < 1.29 is 4.79 Å². The molecule has 0 saturated carbocycles. The van der Waals surface area contributed by atoms with E-state index >= 15 is 0 Å². The second kappa shape index (κ2) is 7.47. The third-order valence-electron chi connectivity index (χ3n) is 3.37. The number of nitrogens with one attached hydrogen (secondary N) is 1. The molecular weight excluding hydrogens is 365 g/mol. The fourth-order valence-electron chi connectivity index (χ4n) is 2.28. The number of urea groups is 1. The van der Waals surface area contributed by atoms with Gasteiger partial charge in [0.1, 0.15) is 0 Å². The Balaban J connectivity index is 1.82. The number of rotatable bonds is 2. The molecule has 1 aliphatic heterocycles. The van der Waals surface area contributed by atoms with Gasteiger partial charge in [0, 0.05) is 22.5 Å². The number of halogens is 2. The molecule has 0 radical (unpaired) electrons. The Morgan fingerprint density at radius 3 is 2.79 bits per heavy atom. The molecule has 124 valence electrons. The van der Waals surface area contributed by atoms with Crippen molar-refractivity contribution in [2.45, 2.75) is 12.2 Å². The van der Waals surface area contributed by atoms with Gasteiger partial charge in [-0.25, -0.2) is 9.79 Å². The molecule has 0 aromatic heterocycles. The number of hydrogen-bond donors (Lipinski definition) is 1. The van der Waals surface area contributed by atoms with Gasteiger partial charge in [-0.05, 0) is 30.3 Å². The predicted molar refractivity (Wildman–Crippen MR) is 103 cm³/mol. The van der Waals surface area contributed by atoms with Crippen LogP contribution in [0.4, 0.5) is 16.2 Å². The van der Waals surface area contributed by atoms with Crippen molar-refractivity contribution >= 4 is 57.5 Å². The van der Waals surface area contributed by atoms with E-state index in [1.165, 1.54) is 0 Å². The van der Waals surface area contributed by atoms with Crippen LogP contribution in [0.5, 0.6) is 0 Å². The topological polar surface area (TPSA) is 44.7 Å². The summed E-state index contributed by atoms with van der Waals surface area (Å²) in [4.78, 5) is 18.8. The van der Waals surface area contributed by atoms with E-state index in [1.807, 2.05) is 18.2 Å². The number of anilines is 1. The zero-order chi connectivity index (χ0) is 17.1. The first-order valence-electron chi connectivity index (χ1n) is 7.37. The van der Waals surface area contributed by atoms with Crippen LogP contribution < -0.4 is 5.32 Å². The molecule has 2 aromatic rings. The van der Waals surface area contributed by atoms with Gasteiger partial charge in [0.15, 0.2) is 5.17 Å². The lowest BCUT2D eigenvalue weighted by atomic mass is 10.3. The maximum Gasteiger partial charge on any atom is 0.327 e. The average molecular weight is 380 g/mol.